The number of hydrogen-bond acceptors (Lipinski definition) is 3. The number of nitrogens with two attached hydrogens (primary N) is 1. The van der Waals surface area contributed by atoms with Gasteiger partial charge >= 0.3 is 0 Å². The molecule has 0 heterocycles. The first-order chi connectivity index (χ1) is 10.1. The highest BCUT2D eigenvalue weighted by molar-refractivity contribution is 5.77. The Hall–Kier alpha value is -2.64. The summed E-state index contributed by atoms with van der Waals surface area (Å²) >= 11 is 0. The zero-order valence-corrected chi connectivity index (χ0v) is 11.9. The van der Waals surface area contributed by atoms with Crippen LogP contribution in [0.4, 0.5) is 0 Å². The Bertz CT molecular complexity index is 671. The van der Waals surface area contributed by atoms with Crippen LogP contribution in [-0.2, 0) is 11.3 Å². The fraction of sp³-hybridized carbons (Fsp3) is 0.176. The summed E-state index contributed by atoms with van der Waals surface area (Å²) in [5.41, 5.74) is 9.15. The lowest BCUT2D eigenvalue weighted by molar-refractivity contribution is -0.128. The van der Waals surface area contributed by atoms with Crippen LogP contribution in [0, 0.1) is 11.3 Å². The first-order valence-electron chi connectivity index (χ1n) is 6.67. The van der Waals surface area contributed by atoms with E-state index in [2.05, 4.69) is 6.07 Å². The van der Waals surface area contributed by atoms with Gasteiger partial charge in [-0.05, 0) is 34.9 Å². The predicted octanol–water partition coefficient (Wildman–Crippen LogP) is 2.14. The molecule has 0 aliphatic carbocycles. The molecule has 1 amide bonds. The molecule has 4 nitrogen and oxygen atoms in total. The molecule has 0 bridgehead atoms. The van der Waals surface area contributed by atoms with Gasteiger partial charge in [0.2, 0.25) is 5.91 Å². The normalized spacial score (nSPS) is 9.95. The number of likely N-dealkylation sites (N-methyl/N-ethyl adjacent to an activating group) is 1. The molecule has 106 valence electrons. The summed E-state index contributed by atoms with van der Waals surface area (Å²) in [5.74, 6) is -0.0845. The van der Waals surface area contributed by atoms with Crippen LogP contribution < -0.4 is 5.73 Å². The molecule has 0 saturated carbocycles. The van der Waals surface area contributed by atoms with Gasteiger partial charge in [-0.3, -0.25) is 4.79 Å². The van der Waals surface area contributed by atoms with Crippen molar-refractivity contribution in [2.24, 2.45) is 5.73 Å². The minimum Gasteiger partial charge on any atom is -0.340 e. The molecule has 0 fully saturated rings. The molecular weight excluding hydrogens is 262 g/mol. The maximum Gasteiger partial charge on any atom is 0.236 e. The van der Waals surface area contributed by atoms with Crippen molar-refractivity contribution < 1.29 is 4.79 Å². The van der Waals surface area contributed by atoms with Crippen molar-refractivity contribution >= 4 is 5.91 Å². The van der Waals surface area contributed by atoms with E-state index in [4.69, 9.17) is 11.0 Å². The number of nitriles is 1. The summed E-state index contributed by atoms with van der Waals surface area (Å²) in [6.07, 6.45) is 0. The molecule has 2 aromatic rings. The average Bonchev–Trinajstić information content (AvgIpc) is 2.54. The number of amides is 1. The maximum atomic E-state index is 11.5. The van der Waals surface area contributed by atoms with Crippen molar-refractivity contribution in [2.75, 3.05) is 13.6 Å². The van der Waals surface area contributed by atoms with Crippen molar-refractivity contribution in [1.82, 2.24) is 4.90 Å². The van der Waals surface area contributed by atoms with Crippen LogP contribution in [0.25, 0.3) is 11.1 Å². The largest absolute Gasteiger partial charge is 0.340 e. The van der Waals surface area contributed by atoms with Crippen LogP contribution in [0.15, 0.2) is 48.5 Å². The van der Waals surface area contributed by atoms with E-state index in [1.165, 1.54) is 0 Å². The molecule has 0 spiro atoms. The van der Waals surface area contributed by atoms with Gasteiger partial charge < -0.3 is 10.6 Å². The molecule has 0 unspecified atom stereocenters. The number of nitrogens with zero attached hydrogens (tertiary/aromatic N) is 2. The van der Waals surface area contributed by atoms with E-state index in [0.717, 1.165) is 16.7 Å². The summed E-state index contributed by atoms with van der Waals surface area (Å²) in [6, 6.07) is 17.5. The van der Waals surface area contributed by atoms with Crippen molar-refractivity contribution in [2.45, 2.75) is 6.54 Å². The van der Waals surface area contributed by atoms with E-state index in [1.807, 2.05) is 36.4 Å². The lowest BCUT2D eigenvalue weighted by atomic mass is 10.0. The quantitative estimate of drug-likeness (QED) is 0.932. The fourth-order valence-corrected chi connectivity index (χ4v) is 2.10. The predicted molar refractivity (Wildman–Crippen MR) is 82.1 cm³/mol. The third-order valence-electron chi connectivity index (χ3n) is 3.29. The Balaban J connectivity index is 2.21. The van der Waals surface area contributed by atoms with Gasteiger partial charge in [-0.2, -0.15) is 5.26 Å². The minimum atomic E-state index is -0.0845. The van der Waals surface area contributed by atoms with E-state index in [1.54, 1.807) is 24.1 Å². The zero-order valence-electron chi connectivity index (χ0n) is 11.9. The Morgan fingerprint density at radius 2 is 1.90 bits per heavy atom. The Morgan fingerprint density at radius 3 is 2.52 bits per heavy atom. The van der Waals surface area contributed by atoms with Gasteiger partial charge in [0.25, 0.3) is 0 Å². The van der Waals surface area contributed by atoms with Gasteiger partial charge in [-0.25, -0.2) is 0 Å². The zero-order chi connectivity index (χ0) is 15.2. The fourth-order valence-electron chi connectivity index (χ4n) is 2.10. The monoisotopic (exact) mass is 279 g/mol. The number of hydrogen-bond donors (Lipinski definition) is 1. The van der Waals surface area contributed by atoms with Gasteiger partial charge in [0.05, 0.1) is 18.2 Å². The van der Waals surface area contributed by atoms with E-state index < -0.39 is 0 Å². The molecule has 2 N–H and O–H groups in total. The van der Waals surface area contributed by atoms with Crippen LogP contribution in [0.5, 0.6) is 0 Å². The highest BCUT2D eigenvalue weighted by Crippen LogP contribution is 2.21. The summed E-state index contributed by atoms with van der Waals surface area (Å²) in [7, 11) is 1.74. The van der Waals surface area contributed by atoms with Crippen LogP contribution in [0.3, 0.4) is 0 Å². The lowest BCUT2D eigenvalue weighted by Crippen LogP contribution is -2.32. The van der Waals surface area contributed by atoms with Crippen LogP contribution in [0.2, 0.25) is 0 Å². The van der Waals surface area contributed by atoms with Gasteiger partial charge in [0.15, 0.2) is 0 Å². The van der Waals surface area contributed by atoms with E-state index >= 15 is 0 Å². The molecule has 0 aliphatic rings. The van der Waals surface area contributed by atoms with Gasteiger partial charge in [0, 0.05) is 13.6 Å². The Kier molecular flexibility index (Phi) is 4.70. The average molecular weight is 279 g/mol. The summed E-state index contributed by atoms with van der Waals surface area (Å²) in [5, 5.41) is 8.82. The lowest BCUT2D eigenvalue weighted by Gasteiger charge is -2.16. The topological polar surface area (TPSA) is 70.1 Å². The molecular formula is C17H17N3O. The first-order valence-corrected chi connectivity index (χ1v) is 6.67. The van der Waals surface area contributed by atoms with Crippen LogP contribution in [0.1, 0.15) is 11.1 Å². The molecule has 4 heteroatoms. The van der Waals surface area contributed by atoms with E-state index in [-0.39, 0.29) is 12.5 Å². The molecule has 0 radical (unpaired) electrons. The van der Waals surface area contributed by atoms with Crippen molar-refractivity contribution in [3.05, 3.63) is 59.7 Å². The number of carbonyl (C=O) groups is 1. The Labute approximate surface area is 124 Å². The van der Waals surface area contributed by atoms with Gasteiger partial charge in [0.1, 0.15) is 0 Å². The molecule has 2 rings (SSSR count). The number of benzene rings is 2. The summed E-state index contributed by atoms with van der Waals surface area (Å²) < 4.78 is 0. The second-order valence-electron chi connectivity index (χ2n) is 4.84. The summed E-state index contributed by atoms with van der Waals surface area (Å²) in [4.78, 5) is 13.1. The molecule has 0 aromatic heterocycles. The first kappa shape index (κ1) is 14.8. The van der Waals surface area contributed by atoms with Crippen molar-refractivity contribution in [3.63, 3.8) is 0 Å². The smallest absolute Gasteiger partial charge is 0.236 e. The third kappa shape index (κ3) is 3.68. The standard InChI is InChI=1S/C17H17N3O/c1-20(17(21)11-19)12-14-3-2-4-16(9-14)15-7-5-13(10-18)6-8-15/h2-9H,11-12,19H2,1H3. The number of rotatable bonds is 4. The van der Waals surface area contributed by atoms with E-state index in [0.29, 0.717) is 12.1 Å². The van der Waals surface area contributed by atoms with Crippen molar-refractivity contribution in [1.29, 1.82) is 5.26 Å². The SMILES string of the molecule is CN(Cc1cccc(-c2ccc(C#N)cc2)c1)C(=O)CN. The van der Waals surface area contributed by atoms with Crippen molar-refractivity contribution in [3.8, 4) is 17.2 Å². The molecule has 2 aromatic carbocycles. The second-order valence-corrected chi connectivity index (χ2v) is 4.84. The third-order valence-corrected chi connectivity index (χ3v) is 3.29. The van der Waals surface area contributed by atoms with Gasteiger partial charge in [-0.1, -0.05) is 30.3 Å². The van der Waals surface area contributed by atoms with Crippen LogP contribution in [-0.4, -0.2) is 24.4 Å². The number of carbonyl (C=O) groups excluding carboxylic acids is 1. The highest BCUT2D eigenvalue weighted by atomic mass is 16.2. The minimum absolute atomic E-state index is 0.0197. The molecule has 0 aliphatic heterocycles. The second kappa shape index (κ2) is 6.69. The van der Waals surface area contributed by atoms with Crippen LogP contribution >= 0.6 is 0 Å². The Morgan fingerprint density at radius 1 is 1.19 bits per heavy atom. The van der Waals surface area contributed by atoms with E-state index in [9.17, 15) is 4.79 Å². The van der Waals surface area contributed by atoms with Gasteiger partial charge in [-0.15, -0.1) is 0 Å². The molecule has 0 saturated heterocycles. The molecule has 21 heavy (non-hydrogen) atoms. The molecule has 0 atom stereocenters. The maximum absolute atomic E-state index is 11.5. The highest BCUT2D eigenvalue weighted by Gasteiger charge is 2.07. The summed E-state index contributed by atoms with van der Waals surface area (Å²) in [6.45, 7) is 0.548.